The molecule has 7 heteroatoms. The van der Waals surface area contributed by atoms with E-state index in [1.165, 1.54) is 0 Å². The van der Waals surface area contributed by atoms with E-state index in [4.69, 9.17) is 0 Å². The van der Waals surface area contributed by atoms with Crippen LogP contribution in [0.5, 0.6) is 0 Å². The Kier molecular flexibility index (Phi) is 4.77. The predicted octanol–water partition coefficient (Wildman–Crippen LogP) is 3.12. The first-order valence-corrected chi connectivity index (χ1v) is 4.92. The van der Waals surface area contributed by atoms with Gasteiger partial charge in [0.15, 0.2) is 5.78 Å². The Morgan fingerprint density at radius 3 is 2.44 bits per heavy atom. The van der Waals surface area contributed by atoms with Crippen molar-refractivity contribution in [1.29, 1.82) is 0 Å². The molecule has 100 valence electrons. The minimum atomic E-state index is -4.37. The maximum absolute atomic E-state index is 13.1. The van der Waals surface area contributed by atoms with Gasteiger partial charge in [-0.3, -0.25) is 4.79 Å². The molecule has 0 saturated heterocycles. The van der Waals surface area contributed by atoms with Crippen molar-refractivity contribution in [2.24, 2.45) is 0 Å². The zero-order valence-electron chi connectivity index (χ0n) is 9.06. The number of rotatable bonds is 5. The molecular formula is C11H9F5O2. The van der Waals surface area contributed by atoms with Gasteiger partial charge in [0.05, 0.1) is 18.6 Å². The molecule has 1 aromatic rings. The van der Waals surface area contributed by atoms with Crippen molar-refractivity contribution in [2.45, 2.75) is 12.6 Å². The second-order valence-corrected chi connectivity index (χ2v) is 3.47. The number of carbonyl (C=O) groups excluding carboxylic acids is 1. The van der Waals surface area contributed by atoms with E-state index in [1.807, 2.05) is 0 Å². The molecule has 0 unspecified atom stereocenters. The molecule has 1 rings (SSSR count). The van der Waals surface area contributed by atoms with Gasteiger partial charge in [-0.1, -0.05) is 0 Å². The number of ketones is 1. The summed E-state index contributed by atoms with van der Waals surface area (Å²) in [5.74, 6) is -2.75. The van der Waals surface area contributed by atoms with Gasteiger partial charge in [-0.25, -0.2) is 8.78 Å². The topological polar surface area (TPSA) is 26.3 Å². The average molecular weight is 268 g/mol. The third-order valence-electron chi connectivity index (χ3n) is 1.99. The van der Waals surface area contributed by atoms with Crippen molar-refractivity contribution in [2.75, 3.05) is 13.2 Å². The second kappa shape index (κ2) is 5.90. The quantitative estimate of drug-likeness (QED) is 0.466. The summed E-state index contributed by atoms with van der Waals surface area (Å²) in [5.41, 5.74) is -0.414. The van der Waals surface area contributed by atoms with Crippen LogP contribution in [0.2, 0.25) is 0 Å². The Bertz CT molecular complexity index is 428. The third-order valence-corrected chi connectivity index (χ3v) is 1.99. The molecule has 0 heterocycles. The number of carbonyl (C=O) groups is 1. The molecular weight excluding hydrogens is 259 g/mol. The summed E-state index contributed by atoms with van der Waals surface area (Å²) in [5, 5.41) is 0. The number of hydrogen-bond acceptors (Lipinski definition) is 2. The molecule has 0 atom stereocenters. The Hall–Kier alpha value is -1.50. The highest BCUT2D eigenvalue weighted by atomic mass is 19.4. The molecule has 0 radical (unpaired) electrons. The molecule has 0 aliphatic rings. The van der Waals surface area contributed by atoms with E-state index in [0.717, 1.165) is 12.1 Å². The molecule has 0 spiro atoms. The van der Waals surface area contributed by atoms with E-state index in [1.54, 1.807) is 0 Å². The average Bonchev–Trinajstić information content (AvgIpc) is 2.22. The highest BCUT2D eigenvalue weighted by Crippen LogP contribution is 2.19. The number of halogens is 5. The van der Waals surface area contributed by atoms with Crippen LogP contribution in [0.1, 0.15) is 16.8 Å². The fourth-order valence-electron chi connectivity index (χ4n) is 1.15. The fourth-order valence-corrected chi connectivity index (χ4v) is 1.15. The van der Waals surface area contributed by atoms with E-state index < -0.39 is 48.8 Å². The van der Waals surface area contributed by atoms with E-state index in [0.29, 0.717) is 6.07 Å². The van der Waals surface area contributed by atoms with Gasteiger partial charge in [0.2, 0.25) is 0 Å². The predicted molar refractivity (Wildman–Crippen MR) is 52.2 cm³/mol. The van der Waals surface area contributed by atoms with E-state index in [2.05, 4.69) is 4.74 Å². The van der Waals surface area contributed by atoms with Crippen molar-refractivity contribution in [3.05, 3.63) is 35.4 Å². The van der Waals surface area contributed by atoms with Gasteiger partial charge in [-0.05, 0) is 12.1 Å². The van der Waals surface area contributed by atoms with E-state index in [-0.39, 0.29) is 0 Å². The standard InChI is InChI=1S/C11H9F5O2/c12-7-1-2-8(9(13)5-7)10(17)6-18-4-3-11(14,15)16/h1-2,5H,3-4,6H2. The van der Waals surface area contributed by atoms with Crippen molar-refractivity contribution in [1.82, 2.24) is 0 Å². The van der Waals surface area contributed by atoms with Gasteiger partial charge in [0, 0.05) is 6.07 Å². The van der Waals surface area contributed by atoms with Crippen molar-refractivity contribution < 1.29 is 31.5 Å². The van der Waals surface area contributed by atoms with Gasteiger partial charge in [0.25, 0.3) is 0 Å². The Morgan fingerprint density at radius 1 is 1.22 bits per heavy atom. The van der Waals surface area contributed by atoms with Gasteiger partial charge in [0.1, 0.15) is 18.2 Å². The smallest absolute Gasteiger partial charge is 0.373 e. The molecule has 0 bridgehead atoms. The third kappa shape index (κ3) is 4.79. The first kappa shape index (κ1) is 14.6. The number of Topliss-reactive ketones (excluding diaryl/α,β-unsaturated/α-hetero) is 1. The second-order valence-electron chi connectivity index (χ2n) is 3.47. The number of alkyl halides is 3. The van der Waals surface area contributed by atoms with Crippen LogP contribution in [0.25, 0.3) is 0 Å². The first-order valence-electron chi connectivity index (χ1n) is 4.92. The SMILES string of the molecule is O=C(COCCC(F)(F)F)c1ccc(F)cc1F. The maximum atomic E-state index is 13.1. The lowest BCUT2D eigenvalue weighted by Gasteiger charge is -2.07. The summed E-state index contributed by atoms with van der Waals surface area (Å²) < 4.78 is 65.4. The summed E-state index contributed by atoms with van der Waals surface area (Å²) in [6.45, 7) is -1.36. The normalized spacial score (nSPS) is 11.6. The number of benzene rings is 1. The number of ether oxygens (including phenoxy) is 1. The number of hydrogen-bond donors (Lipinski definition) is 0. The lowest BCUT2D eigenvalue weighted by atomic mass is 10.1. The molecule has 0 aliphatic heterocycles. The molecule has 2 nitrogen and oxygen atoms in total. The van der Waals surface area contributed by atoms with Crippen LogP contribution in [0, 0.1) is 11.6 Å². The lowest BCUT2D eigenvalue weighted by Crippen LogP contribution is -2.16. The molecule has 0 fully saturated rings. The van der Waals surface area contributed by atoms with Crippen LogP contribution >= 0.6 is 0 Å². The molecule has 0 aliphatic carbocycles. The zero-order chi connectivity index (χ0) is 13.8. The summed E-state index contributed by atoms with van der Waals surface area (Å²) in [6.07, 6.45) is -5.56. The zero-order valence-corrected chi connectivity index (χ0v) is 9.06. The Labute approximate surface area is 99.4 Å². The van der Waals surface area contributed by atoms with Crippen LogP contribution in [0.15, 0.2) is 18.2 Å². The summed E-state index contributed by atoms with van der Waals surface area (Å²) >= 11 is 0. The monoisotopic (exact) mass is 268 g/mol. The van der Waals surface area contributed by atoms with Crippen molar-refractivity contribution >= 4 is 5.78 Å². The molecule has 0 amide bonds. The molecule has 18 heavy (non-hydrogen) atoms. The molecule has 1 aromatic carbocycles. The molecule has 0 N–H and O–H groups in total. The van der Waals surface area contributed by atoms with Crippen LogP contribution in [0.4, 0.5) is 22.0 Å². The van der Waals surface area contributed by atoms with E-state index >= 15 is 0 Å². The summed E-state index contributed by atoms with van der Waals surface area (Å²) in [7, 11) is 0. The van der Waals surface area contributed by atoms with Crippen molar-refractivity contribution in [3.63, 3.8) is 0 Å². The minimum Gasteiger partial charge on any atom is -0.373 e. The Morgan fingerprint density at radius 2 is 1.89 bits per heavy atom. The maximum Gasteiger partial charge on any atom is 0.391 e. The first-order chi connectivity index (χ1) is 8.29. The van der Waals surface area contributed by atoms with E-state index in [9.17, 15) is 26.7 Å². The van der Waals surface area contributed by atoms with Crippen LogP contribution in [0.3, 0.4) is 0 Å². The molecule has 0 aromatic heterocycles. The van der Waals surface area contributed by atoms with Crippen LogP contribution in [-0.2, 0) is 4.74 Å². The minimum absolute atomic E-state index is 0.414. The van der Waals surface area contributed by atoms with Crippen molar-refractivity contribution in [3.8, 4) is 0 Å². The lowest BCUT2D eigenvalue weighted by molar-refractivity contribution is -0.144. The van der Waals surface area contributed by atoms with Crippen LogP contribution < -0.4 is 0 Å². The Balaban J connectivity index is 2.46. The van der Waals surface area contributed by atoms with Crippen LogP contribution in [-0.4, -0.2) is 25.2 Å². The highest BCUT2D eigenvalue weighted by Gasteiger charge is 2.26. The highest BCUT2D eigenvalue weighted by molar-refractivity contribution is 5.97. The summed E-state index contributed by atoms with van der Waals surface area (Å²) in [6, 6.07) is 2.31. The summed E-state index contributed by atoms with van der Waals surface area (Å²) in [4.78, 5) is 11.3. The van der Waals surface area contributed by atoms with Gasteiger partial charge in [-0.2, -0.15) is 13.2 Å². The van der Waals surface area contributed by atoms with Gasteiger partial charge < -0.3 is 4.74 Å². The fraction of sp³-hybridized carbons (Fsp3) is 0.364. The van der Waals surface area contributed by atoms with Gasteiger partial charge >= 0.3 is 6.18 Å². The largest absolute Gasteiger partial charge is 0.391 e. The molecule has 0 saturated carbocycles. The van der Waals surface area contributed by atoms with Gasteiger partial charge in [-0.15, -0.1) is 0 Å².